The van der Waals surface area contributed by atoms with Gasteiger partial charge >= 0.3 is 0 Å². The van der Waals surface area contributed by atoms with E-state index >= 15 is 0 Å². The molecule has 2 rings (SSSR count). The second kappa shape index (κ2) is 4.62. The molecule has 3 nitrogen and oxygen atoms in total. The van der Waals surface area contributed by atoms with E-state index in [2.05, 4.69) is 5.32 Å². The highest BCUT2D eigenvalue weighted by Gasteiger charge is 2.31. The number of fused-ring (bicyclic) bond motifs is 1. The summed E-state index contributed by atoms with van der Waals surface area (Å²) in [5, 5.41) is 2.59. The number of thioether (sulfide) groups is 1. The number of anilines is 1. The first-order chi connectivity index (χ1) is 8.03. The van der Waals surface area contributed by atoms with Crippen LogP contribution in [0.5, 0.6) is 0 Å². The van der Waals surface area contributed by atoms with Crippen molar-refractivity contribution in [3.05, 3.63) is 23.8 Å². The number of nitrogens with two attached hydrogens (primary N) is 1. The van der Waals surface area contributed by atoms with E-state index in [0.717, 1.165) is 4.90 Å². The molecule has 0 atom stereocenters. The summed E-state index contributed by atoms with van der Waals surface area (Å²) < 4.78 is 27.2. The molecule has 0 spiro atoms. The lowest BCUT2D eigenvalue weighted by atomic mass is 10.0. The minimum absolute atomic E-state index is 0.0782. The molecular weight excluding hydrogens is 246 g/mol. The zero-order valence-electron chi connectivity index (χ0n) is 9.00. The van der Waals surface area contributed by atoms with Crippen molar-refractivity contribution in [1.29, 1.82) is 0 Å². The fourth-order valence-corrected chi connectivity index (χ4v) is 2.42. The number of carbonyl (C=O) groups is 1. The zero-order valence-corrected chi connectivity index (χ0v) is 9.82. The molecule has 0 aromatic heterocycles. The van der Waals surface area contributed by atoms with Crippen LogP contribution < -0.4 is 11.1 Å². The molecule has 0 unspecified atom stereocenters. The van der Waals surface area contributed by atoms with Crippen molar-refractivity contribution in [2.75, 3.05) is 17.6 Å². The van der Waals surface area contributed by atoms with Gasteiger partial charge in [-0.25, -0.2) is 8.78 Å². The molecule has 1 amide bonds. The number of amides is 1. The van der Waals surface area contributed by atoms with E-state index in [1.807, 2.05) is 0 Å². The van der Waals surface area contributed by atoms with Crippen LogP contribution in [-0.4, -0.2) is 18.2 Å². The maximum Gasteiger partial charge on any atom is 0.274 e. The lowest BCUT2D eigenvalue weighted by Crippen LogP contribution is -2.21. The third-order valence-corrected chi connectivity index (χ3v) is 3.57. The van der Waals surface area contributed by atoms with Gasteiger partial charge in [-0.3, -0.25) is 4.79 Å². The van der Waals surface area contributed by atoms with E-state index in [-0.39, 0.29) is 18.0 Å². The van der Waals surface area contributed by atoms with Gasteiger partial charge in [0, 0.05) is 16.9 Å². The summed E-state index contributed by atoms with van der Waals surface area (Å²) in [6, 6.07) is 4.33. The average molecular weight is 258 g/mol. The number of benzene rings is 1. The second-order valence-corrected chi connectivity index (χ2v) is 4.81. The summed E-state index contributed by atoms with van der Waals surface area (Å²) >= 11 is 1.35. The van der Waals surface area contributed by atoms with Crippen molar-refractivity contribution in [1.82, 2.24) is 0 Å². The number of carbonyl (C=O) groups excluding carboxylic acids is 1. The van der Waals surface area contributed by atoms with Crippen LogP contribution in [0, 0.1) is 0 Å². The molecular formula is C11H12F2N2OS. The van der Waals surface area contributed by atoms with Gasteiger partial charge in [0.1, 0.15) is 0 Å². The summed E-state index contributed by atoms with van der Waals surface area (Å²) in [6.07, 6.45) is -0.396. The van der Waals surface area contributed by atoms with Crippen LogP contribution in [0.25, 0.3) is 0 Å². The molecule has 1 aliphatic heterocycles. The quantitative estimate of drug-likeness (QED) is 0.873. The van der Waals surface area contributed by atoms with Crippen molar-refractivity contribution in [2.24, 2.45) is 5.73 Å². The van der Waals surface area contributed by atoms with Crippen molar-refractivity contribution in [3.63, 3.8) is 0 Å². The molecule has 6 heteroatoms. The van der Waals surface area contributed by atoms with Crippen LogP contribution in [0.15, 0.2) is 23.1 Å². The summed E-state index contributed by atoms with van der Waals surface area (Å²) in [6.45, 7) is -0.0782. The number of halogens is 2. The monoisotopic (exact) mass is 258 g/mol. The van der Waals surface area contributed by atoms with Gasteiger partial charge in [0.15, 0.2) is 0 Å². The molecule has 3 N–H and O–H groups in total. The Morgan fingerprint density at radius 3 is 2.94 bits per heavy atom. The van der Waals surface area contributed by atoms with E-state index in [0.29, 0.717) is 11.4 Å². The predicted molar refractivity (Wildman–Crippen MR) is 63.4 cm³/mol. The highest BCUT2D eigenvalue weighted by atomic mass is 32.2. The first kappa shape index (κ1) is 12.3. The lowest BCUT2D eigenvalue weighted by Gasteiger charge is -2.20. The smallest absolute Gasteiger partial charge is 0.274 e. The normalized spacial score (nSPS) is 15.4. The van der Waals surface area contributed by atoms with E-state index in [4.69, 9.17) is 5.73 Å². The van der Waals surface area contributed by atoms with E-state index in [1.165, 1.54) is 23.9 Å². The lowest BCUT2D eigenvalue weighted by molar-refractivity contribution is -0.113. The van der Waals surface area contributed by atoms with E-state index < -0.39 is 12.3 Å². The number of hydrogen-bond acceptors (Lipinski definition) is 3. The summed E-state index contributed by atoms with van der Waals surface area (Å²) in [7, 11) is 0. The molecule has 0 radical (unpaired) electrons. The van der Waals surface area contributed by atoms with Gasteiger partial charge in [0.2, 0.25) is 5.91 Å². The molecule has 1 aliphatic rings. The predicted octanol–water partition coefficient (Wildman–Crippen LogP) is 2.17. The molecule has 0 fully saturated rings. The maximum atomic E-state index is 13.6. The third-order valence-electron chi connectivity index (χ3n) is 2.49. The van der Waals surface area contributed by atoms with E-state index in [1.54, 1.807) is 6.07 Å². The molecule has 92 valence electrons. The second-order valence-electron chi connectivity index (χ2n) is 3.79. The molecule has 0 saturated heterocycles. The Bertz CT molecular complexity index is 451. The van der Waals surface area contributed by atoms with Gasteiger partial charge in [-0.2, -0.15) is 0 Å². The molecule has 17 heavy (non-hydrogen) atoms. The number of rotatable bonds is 3. The minimum atomic E-state index is -2.95. The third kappa shape index (κ3) is 2.58. The van der Waals surface area contributed by atoms with Crippen LogP contribution >= 0.6 is 11.8 Å². The van der Waals surface area contributed by atoms with Gasteiger partial charge < -0.3 is 11.1 Å². The molecule has 0 bridgehead atoms. The molecule has 0 aliphatic carbocycles. The average Bonchev–Trinajstić information content (AvgIpc) is 2.28. The van der Waals surface area contributed by atoms with Gasteiger partial charge in [-0.15, -0.1) is 11.8 Å². The van der Waals surface area contributed by atoms with Crippen LogP contribution in [0.2, 0.25) is 0 Å². The summed E-state index contributed by atoms with van der Waals surface area (Å²) in [5.41, 5.74) is 5.51. The van der Waals surface area contributed by atoms with Crippen LogP contribution in [-0.2, 0) is 10.7 Å². The standard InChI is InChI=1S/C11H12F2N2OS/c12-11(13,3-4-14)7-1-2-9-8(5-7)15-10(16)6-17-9/h1-2,5H,3-4,6,14H2,(H,15,16). The first-order valence-corrected chi connectivity index (χ1v) is 6.16. The maximum absolute atomic E-state index is 13.6. The minimum Gasteiger partial charge on any atom is -0.330 e. The number of alkyl halides is 2. The molecule has 1 aromatic rings. The van der Waals surface area contributed by atoms with Crippen molar-refractivity contribution >= 4 is 23.4 Å². The van der Waals surface area contributed by atoms with Crippen molar-refractivity contribution < 1.29 is 13.6 Å². The Kier molecular flexibility index (Phi) is 3.35. The zero-order chi connectivity index (χ0) is 12.5. The van der Waals surface area contributed by atoms with Gasteiger partial charge in [-0.05, 0) is 18.7 Å². The highest BCUT2D eigenvalue weighted by molar-refractivity contribution is 8.00. The Balaban J connectivity index is 2.32. The fraction of sp³-hybridized carbons (Fsp3) is 0.364. The summed E-state index contributed by atoms with van der Waals surface area (Å²) in [5.74, 6) is -2.79. The summed E-state index contributed by atoms with van der Waals surface area (Å²) in [4.78, 5) is 12.0. The first-order valence-electron chi connectivity index (χ1n) is 5.18. The molecule has 0 saturated carbocycles. The van der Waals surface area contributed by atoms with E-state index in [9.17, 15) is 13.6 Å². The molecule has 1 heterocycles. The topological polar surface area (TPSA) is 55.1 Å². The van der Waals surface area contributed by atoms with Crippen molar-refractivity contribution in [3.8, 4) is 0 Å². The number of nitrogens with one attached hydrogen (secondary N) is 1. The van der Waals surface area contributed by atoms with Gasteiger partial charge in [-0.1, -0.05) is 6.07 Å². The van der Waals surface area contributed by atoms with Gasteiger partial charge in [0.25, 0.3) is 5.92 Å². The van der Waals surface area contributed by atoms with Crippen LogP contribution in [0.1, 0.15) is 12.0 Å². The Morgan fingerprint density at radius 1 is 1.47 bits per heavy atom. The molecule has 1 aromatic carbocycles. The number of hydrogen-bond donors (Lipinski definition) is 2. The largest absolute Gasteiger partial charge is 0.330 e. The van der Waals surface area contributed by atoms with Gasteiger partial charge in [0.05, 0.1) is 11.4 Å². The SMILES string of the molecule is NCCC(F)(F)c1ccc2c(c1)NC(=O)CS2. The fourth-order valence-electron chi connectivity index (χ4n) is 1.64. The Morgan fingerprint density at radius 2 is 2.24 bits per heavy atom. The Labute approximate surface area is 102 Å². The highest BCUT2D eigenvalue weighted by Crippen LogP contribution is 2.38. The van der Waals surface area contributed by atoms with Crippen molar-refractivity contribution in [2.45, 2.75) is 17.2 Å². The van der Waals surface area contributed by atoms with Crippen LogP contribution in [0.4, 0.5) is 14.5 Å². The van der Waals surface area contributed by atoms with Crippen LogP contribution in [0.3, 0.4) is 0 Å². The Hall–Kier alpha value is -1.14.